The molecule has 0 spiro atoms. The molecule has 0 fully saturated rings. The van der Waals surface area contributed by atoms with Crippen LogP contribution in [-0.2, 0) is 4.79 Å². The van der Waals surface area contributed by atoms with E-state index in [4.69, 9.17) is 16.3 Å². The van der Waals surface area contributed by atoms with E-state index in [-0.39, 0.29) is 12.2 Å². The number of nitrogens with one attached hydrogen (secondary N) is 3. The Hall–Kier alpha value is -2.80. The van der Waals surface area contributed by atoms with Gasteiger partial charge in [-0.3, -0.25) is 25.2 Å². The normalized spacial score (nSPS) is 10.0. The van der Waals surface area contributed by atoms with Crippen LogP contribution in [0.25, 0.3) is 0 Å². The first kappa shape index (κ1) is 16.6. The summed E-state index contributed by atoms with van der Waals surface area (Å²) in [6, 6.07) is 7.84. The SMILES string of the molecule is Cc1cc(Cl)ccc1OCC(=O)NNC(=O)c1ccc[nH]c1=O. The Balaban J connectivity index is 1.85. The molecule has 1 aromatic heterocycles. The third-order valence-corrected chi connectivity index (χ3v) is 3.11. The molecule has 0 unspecified atom stereocenters. The second-order valence-electron chi connectivity index (χ2n) is 4.61. The van der Waals surface area contributed by atoms with Crippen LogP contribution in [-0.4, -0.2) is 23.4 Å². The molecule has 0 saturated heterocycles. The summed E-state index contributed by atoms with van der Waals surface area (Å²) in [4.78, 5) is 37.2. The molecule has 120 valence electrons. The van der Waals surface area contributed by atoms with Crippen molar-refractivity contribution in [1.82, 2.24) is 15.8 Å². The second kappa shape index (κ2) is 7.46. The minimum Gasteiger partial charge on any atom is -0.483 e. The van der Waals surface area contributed by atoms with Gasteiger partial charge in [0.1, 0.15) is 11.3 Å². The number of H-pyrrole nitrogens is 1. The first-order chi connectivity index (χ1) is 11.0. The summed E-state index contributed by atoms with van der Waals surface area (Å²) in [6.45, 7) is 1.50. The molecule has 23 heavy (non-hydrogen) atoms. The molecule has 2 amide bonds. The number of ether oxygens (including phenoxy) is 1. The quantitative estimate of drug-likeness (QED) is 0.730. The van der Waals surface area contributed by atoms with Gasteiger partial charge in [0.15, 0.2) is 6.61 Å². The number of aromatic amines is 1. The highest BCUT2D eigenvalue weighted by atomic mass is 35.5. The minimum atomic E-state index is -0.720. The van der Waals surface area contributed by atoms with E-state index in [0.29, 0.717) is 10.8 Å². The Morgan fingerprint density at radius 2 is 2.04 bits per heavy atom. The van der Waals surface area contributed by atoms with Crippen LogP contribution in [0.4, 0.5) is 0 Å². The van der Waals surface area contributed by atoms with Gasteiger partial charge in [-0.15, -0.1) is 0 Å². The van der Waals surface area contributed by atoms with Gasteiger partial charge < -0.3 is 9.72 Å². The fourth-order valence-corrected chi connectivity index (χ4v) is 1.97. The predicted octanol–water partition coefficient (Wildman–Crippen LogP) is 1.18. The molecule has 0 aliphatic carbocycles. The van der Waals surface area contributed by atoms with Gasteiger partial charge in [-0.2, -0.15) is 0 Å². The minimum absolute atomic E-state index is 0.109. The van der Waals surface area contributed by atoms with Crippen LogP contribution in [0.3, 0.4) is 0 Å². The number of halogens is 1. The maximum Gasteiger partial charge on any atom is 0.276 e. The van der Waals surface area contributed by atoms with Gasteiger partial charge in [-0.25, -0.2) is 0 Å². The molecule has 7 nitrogen and oxygen atoms in total. The van der Waals surface area contributed by atoms with Crippen LogP contribution >= 0.6 is 11.6 Å². The van der Waals surface area contributed by atoms with E-state index in [0.717, 1.165) is 5.56 Å². The summed E-state index contributed by atoms with van der Waals surface area (Å²) < 4.78 is 5.33. The van der Waals surface area contributed by atoms with Crippen molar-refractivity contribution in [1.29, 1.82) is 0 Å². The van der Waals surface area contributed by atoms with Crippen LogP contribution in [0.2, 0.25) is 5.02 Å². The van der Waals surface area contributed by atoms with Gasteiger partial charge in [-0.1, -0.05) is 11.6 Å². The third kappa shape index (κ3) is 4.58. The molecule has 0 aliphatic rings. The topological polar surface area (TPSA) is 100 Å². The summed E-state index contributed by atoms with van der Waals surface area (Å²) in [5.41, 5.74) is 4.43. The number of benzene rings is 1. The van der Waals surface area contributed by atoms with Crippen LogP contribution in [0.15, 0.2) is 41.3 Å². The van der Waals surface area contributed by atoms with Crippen molar-refractivity contribution in [2.75, 3.05) is 6.61 Å². The Morgan fingerprint density at radius 1 is 1.26 bits per heavy atom. The maximum atomic E-state index is 11.7. The van der Waals surface area contributed by atoms with Gasteiger partial charge >= 0.3 is 0 Å². The molecule has 2 aromatic rings. The van der Waals surface area contributed by atoms with Gasteiger partial charge in [0.2, 0.25) is 0 Å². The fraction of sp³-hybridized carbons (Fsp3) is 0.133. The lowest BCUT2D eigenvalue weighted by atomic mass is 10.2. The molecule has 0 bridgehead atoms. The zero-order chi connectivity index (χ0) is 16.8. The predicted molar refractivity (Wildman–Crippen MR) is 84.4 cm³/mol. The average molecular weight is 336 g/mol. The lowest BCUT2D eigenvalue weighted by Crippen LogP contribution is -2.45. The van der Waals surface area contributed by atoms with Crippen molar-refractivity contribution in [2.45, 2.75) is 6.92 Å². The summed E-state index contributed by atoms with van der Waals surface area (Å²) in [7, 11) is 0. The number of hydrogen-bond acceptors (Lipinski definition) is 4. The number of carbonyl (C=O) groups excluding carboxylic acids is 2. The molecule has 0 saturated carbocycles. The smallest absolute Gasteiger partial charge is 0.276 e. The molecule has 1 heterocycles. The molecular weight excluding hydrogens is 322 g/mol. The van der Waals surface area contributed by atoms with Crippen LogP contribution in [0.1, 0.15) is 15.9 Å². The van der Waals surface area contributed by atoms with Gasteiger partial charge in [0, 0.05) is 11.2 Å². The van der Waals surface area contributed by atoms with E-state index < -0.39 is 17.4 Å². The Morgan fingerprint density at radius 3 is 2.74 bits per heavy atom. The number of amides is 2. The highest BCUT2D eigenvalue weighted by Gasteiger charge is 2.11. The molecule has 0 atom stereocenters. The zero-order valence-corrected chi connectivity index (χ0v) is 12.9. The summed E-state index contributed by atoms with van der Waals surface area (Å²) in [6.07, 6.45) is 1.40. The van der Waals surface area contributed by atoms with Gasteiger partial charge in [0.05, 0.1) is 0 Å². The molecule has 3 N–H and O–H groups in total. The van der Waals surface area contributed by atoms with Crippen molar-refractivity contribution < 1.29 is 14.3 Å². The van der Waals surface area contributed by atoms with Crippen molar-refractivity contribution >= 4 is 23.4 Å². The Labute approximate surface area is 136 Å². The standard InChI is InChI=1S/C15H14ClN3O4/c1-9-7-10(16)4-5-12(9)23-8-13(20)18-19-15(22)11-3-2-6-17-14(11)21/h2-7H,8H2,1H3,(H,17,21)(H,18,20)(H,19,22). The van der Waals surface area contributed by atoms with E-state index in [9.17, 15) is 14.4 Å². The van der Waals surface area contributed by atoms with Crippen molar-refractivity contribution in [3.8, 4) is 5.75 Å². The average Bonchev–Trinajstić information content (AvgIpc) is 2.52. The molecule has 2 rings (SSSR count). The highest BCUT2D eigenvalue weighted by Crippen LogP contribution is 2.21. The van der Waals surface area contributed by atoms with Crippen LogP contribution in [0.5, 0.6) is 5.75 Å². The number of aryl methyl sites for hydroxylation is 1. The van der Waals surface area contributed by atoms with E-state index in [1.807, 2.05) is 0 Å². The Kier molecular flexibility index (Phi) is 5.37. The molecular formula is C15H14ClN3O4. The first-order valence-corrected chi connectivity index (χ1v) is 7.01. The van der Waals surface area contributed by atoms with E-state index in [1.54, 1.807) is 25.1 Å². The van der Waals surface area contributed by atoms with E-state index >= 15 is 0 Å². The molecule has 1 aromatic carbocycles. The van der Waals surface area contributed by atoms with Crippen LogP contribution in [0, 0.1) is 6.92 Å². The monoisotopic (exact) mass is 335 g/mol. The third-order valence-electron chi connectivity index (χ3n) is 2.87. The summed E-state index contributed by atoms with van der Waals surface area (Å²) in [5.74, 6) is -0.779. The number of rotatable bonds is 4. The van der Waals surface area contributed by atoms with Crippen molar-refractivity contribution in [3.63, 3.8) is 0 Å². The number of hydrogen-bond donors (Lipinski definition) is 3. The number of carbonyl (C=O) groups is 2. The lowest BCUT2D eigenvalue weighted by Gasteiger charge is -2.10. The highest BCUT2D eigenvalue weighted by molar-refractivity contribution is 6.30. The van der Waals surface area contributed by atoms with Gasteiger partial charge in [0.25, 0.3) is 17.4 Å². The lowest BCUT2D eigenvalue weighted by molar-refractivity contribution is -0.123. The van der Waals surface area contributed by atoms with Gasteiger partial charge in [-0.05, 0) is 42.8 Å². The largest absolute Gasteiger partial charge is 0.483 e. The fourth-order valence-electron chi connectivity index (χ4n) is 1.75. The second-order valence-corrected chi connectivity index (χ2v) is 5.05. The van der Waals surface area contributed by atoms with Crippen molar-refractivity contribution in [3.05, 3.63) is 63.0 Å². The zero-order valence-electron chi connectivity index (χ0n) is 12.2. The van der Waals surface area contributed by atoms with E-state index in [1.165, 1.54) is 18.3 Å². The molecule has 0 aliphatic heterocycles. The number of pyridine rings is 1. The summed E-state index contributed by atoms with van der Waals surface area (Å²) >= 11 is 5.82. The summed E-state index contributed by atoms with van der Waals surface area (Å²) in [5, 5.41) is 0.569. The van der Waals surface area contributed by atoms with Crippen LogP contribution < -0.4 is 21.1 Å². The number of hydrazine groups is 1. The maximum absolute atomic E-state index is 11.7. The van der Waals surface area contributed by atoms with E-state index in [2.05, 4.69) is 15.8 Å². The number of aromatic nitrogens is 1. The Bertz CT molecular complexity index is 788. The molecule has 0 radical (unpaired) electrons. The first-order valence-electron chi connectivity index (χ1n) is 6.63. The molecule has 8 heteroatoms. The van der Waals surface area contributed by atoms with Crippen molar-refractivity contribution in [2.24, 2.45) is 0 Å².